The molecule has 0 saturated carbocycles. The maximum absolute atomic E-state index is 4.88. The van der Waals surface area contributed by atoms with Crippen LogP contribution in [0.1, 0.15) is 21.5 Å². The zero-order valence-corrected chi connectivity index (χ0v) is 11.5. The van der Waals surface area contributed by atoms with Crippen molar-refractivity contribution >= 4 is 27.3 Å². The number of halogens is 1. The number of hydrogen-bond donors (Lipinski definition) is 1. The van der Waals surface area contributed by atoms with Gasteiger partial charge in [-0.25, -0.2) is 0 Å². The van der Waals surface area contributed by atoms with Crippen LogP contribution in [0.4, 0.5) is 0 Å². The predicted molar refractivity (Wildman–Crippen MR) is 66.3 cm³/mol. The highest BCUT2D eigenvalue weighted by Gasteiger charge is 2.04. The first kappa shape index (κ1) is 11.8. The summed E-state index contributed by atoms with van der Waals surface area (Å²) in [5, 5.41) is 7.09. The maximum Gasteiger partial charge on any atom is 0.223 e. The third-order valence-electron chi connectivity index (χ3n) is 2.06. The Kier molecular flexibility index (Phi) is 3.73. The molecule has 0 spiro atoms. The van der Waals surface area contributed by atoms with Crippen molar-refractivity contribution in [3.63, 3.8) is 0 Å². The lowest BCUT2D eigenvalue weighted by Crippen LogP contribution is -2.12. The van der Waals surface area contributed by atoms with Crippen LogP contribution in [0.5, 0.6) is 0 Å². The second kappa shape index (κ2) is 5.07. The SMILES string of the molecule is Cc1nc(CNCc2cc(Br)c(C)s2)no1. The minimum atomic E-state index is 0.603. The van der Waals surface area contributed by atoms with E-state index in [1.165, 1.54) is 14.2 Å². The van der Waals surface area contributed by atoms with Crippen molar-refractivity contribution in [3.8, 4) is 0 Å². The number of aromatic nitrogens is 2. The van der Waals surface area contributed by atoms with Crippen LogP contribution in [0.25, 0.3) is 0 Å². The van der Waals surface area contributed by atoms with E-state index in [-0.39, 0.29) is 0 Å². The molecule has 86 valence electrons. The molecule has 1 N–H and O–H groups in total. The van der Waals surface area contributed by atoms with E-state index >= 15 is 0 Å². The average Bonchev–Trinajstić information content (AvgIpc) is 2.75. The molecule has 16 heavy (non-hydrogen) atoms. The van der Waals surface area contributed by atoms with E-state index in [1.54, 1.807) is 18.3 Å². The molecule has 6 heteroatoms. The Hall–Kier alpha value is -0.720. The first-order valence-corrected chi connectivity index (χ1v) is 6.51. The van der Waals surface area contributed by atoms with Gasteiger partial charge >= 0.3 is 0 Å². The normalized spacial score (nSPS) is 10.9. The first-order chi connectivity index (χ1) is 7.65. The second-order valence-corrected chi connectivity index (χ2v) is 5.65. The third-order valence-corrected chi connectivity index (χ3v) is 4.20. The summed E-state index contributed by atoms with van der Waals surface area (Å²) < 4.78 is 6.06. The summed E-state index contributed by atoms with van der Waals surface area (Å²) in [6.45, 7) is 5.34. The van der Waals surface area contributed by atoms with Gasteiger partial charge in [0.05, 0.1) is 6.54 Å². The van der Waals surface area contributed by atoms with Gasteiger partial charge in [-0.05, 0) is 28.9 Å². The Labute approximate surface area is 106 Å². The zero-order valence-electron chi connectivity index (χ0n) is 9.08. The summed E-state index contributed by atoms with van der Waals surface area (Å²) >= 11 is 5.28. The molecule has 0 aromatic carbocycles. The van der Waals surface area contributed by atoms with Gasteiger partial charge in [0.1, 0.15) is 0 Å². The van der Waals surface area contributed by atoms with E-state index in [0.29, 0.717) is 18.3 Å². The maximum atomic E-state index is 4.88. The summed E-state index contributed by atoms with van der Waals surface area (Å²) in [6.07, 6.45) is 0. The van der Waals surface area contributed by atoms with Gasteiger partial charge in [-0.15, -0.1) is 11.3 Å². The standard InChI is InChI=1S/C10H12BrN3OS/c1-6-9(11)3-8(16-6)4-12-5-10-13-7(2)15-14-10/h3,12H,4-5H2,1-2H3. The zero-order chi connectivity index (χ0) is 11.5. The van der Waals surface area contributed by atoms with Crippen LogP contribution in [-0.2, 0) is 13.1 Å². The number of rotatable bonds is 4. The monoisotopic (exact) mass is 301 g/mol. The fraction of sp³-hybridized carbons (Fsp3) is 0.400. The van der Waals surface area contributed by atoms with E-state index in [0.717, 1.165) is 6.54 Å². The molecule has 0 fully saturated rings. The molecule has 0 saturated heterocycles. The molecule has 0 bridgehead atoms. The van der Waals surface area contributed by atoms with Crippen molar-refractivity contribution in [1.29, 1.82) is 0 Å². The number of nitrogens with one attached hydrogen (secondary N) is 1. The first-order valence-electron chi connectivity index (χ1n) is 4.90. The molecule has 0 aliphatic carbocycles. The molecular weight excluding hydrogens is 290 g/mol. The topological polar surface area (TPSA) is 51.0 Å². The molecule has 0 aliphatic rings. The largest absolute Gasteiger partial charge is 0.340 e. The molecule has 2 aromatic rings. The van der Waals surface area contributed by atoms with E-state index in [4.69, 9.17) is 4.52 Å². The van der Waals surface area contributed by atoms with Crippen LogP contribution in [0.3, 0.4) is 0 Å². The third kappa shape index (κ3) is 2.90. The average molecular weight is 302 g/mol. The summed E-state index contributed by atoms with van der Waals surface area (Å²) in [4.78, 5) is 6.71. The van der Waals surface area contributed by atoms with Crippen LogP contribution >= 0.6 is 27.3 Å². The van der Waals surface area contributed by atoms with Crippen LogP contribution in [-0.4, -0.2) is 10.1 Å². The van der Waals surface area contributed by atoms with Crippen molar-refractivity contribution in [2.45, 2.75) is 26.9 Å². The summed E-state index contributed by atoms with van der Waals surface area (Å²) in [5.41, 5.74) is 0. The number of nitrogens with zero attached hydrogens (tertiary/aromatic N) is 2. The minimum absolute atomic E-state index is 0.603. The van der Waals surface area contributed by atoms with Gasteiger partial charge in [-0.2, -0.15) is 4.98 Å². The van der Waals surface area contributed by atoms with Crippen LogP contribution in [0, 0.1) is 13.8 Å². The van der Waals surface area contributed by atoms with Gasteiger partial charge in [0, 0.05) is 27.7 Å². The Morgan fingerprint density at radius 3 is 2.81 bits per heavy atom. The molecule has 0 atom stereocenters. The molecule has 2 aromatic heterocycles. The molecule has 2 heterocycles. The van der Waals surface area contributed by atoms with Crippen LogP contribution in [0.15, 0.2) is 15.1 Å². The minimum Gasteiger partial charge on any atom is -0.340 e. The molecule has 0 unspecified atom stereocenters. The number of aryl methyl sites for hydroxylation is 2. The number of thiophene rings is 1. The fourth-order valence-corrected chi connectivity index (χ4v) is 2.89. The quantitative estimate of drug-likeness (QED) is 0.943. The van der Waals surface area contributed by atoms with Crippen molar-refractivity contribution in [2.24, 2.45) is 0 Å². The van der Waals surface area contributed by atoms with Gasteiger partial charge in [0.25, 0.3) is 0 Å². The Morgan fingerprint density at radius 1 is 1.44 bits per heavy atom. The van der Waals surface area contributed by atoms with E-state index in [1.807, 2.05) is 0 Å². The highest BCUT2D eigenvalue weighted by Crippen LogP contribution is 2.26. The van der Waals surface area contributed by atoms with Crippen LogP contribution in [0.2, 0.25) is 0 Å². The molecule has 0 aliphatic heterocycles. The van der Waals surface area contributed by atoms with Crippen LogP contribution < -0.4 is 5.32 Å². The Bertz CT molecular complexity index is 461. The molecular formula is C10H12BrN3OS. The lowest BCUT2D eigenvalue weighted by Gasteiger charge is -1.97. The fourth-order valence-electron chi connectivity index (χ4n) is 1.32. The smallest absolute Gasteiger partial charge is 0.223 e. The van der Waals surface area contributed by atoms with E-state index < -0.39 is 0 Å². The molecule has 4 nitrogen and oxygen atoms in total. The molecule has 2 rings (SSSR count). The van der Waals surface area contributed by atoms with Crippen molar-refractivity contribution in [3.05, 3.63) is 32.0 Å². The summed E-state index contributed by atoms with van der Waals surface area (Å²) in [5.74, 6) is 1.30. The van der Waals surface area contributed by atoms with Gasteiger partial charge in [-0.3, -0.25) is 0 Å². The van der Waals surface area contributed by atoms with Gasteiger partial charge < -0.3 is 9.84 Å². The Balaban J connectivity index is 1.84. The predicted octanol–water partition coefficient (Wildman–Crippen LogP) is 2.80. The van der Waals surface area contributed by atoms with Crippen molar-refractivity contribution in [2.75, 3.05) is 0 Å². The van der Waals surface area contributed by atoms with Crippen molar-refractivity contribution in [1.82, 2.24) is 15.5 Å². The highest BCUT2D eigenvalue weighted by molar-refractivity contribution is 9.10. The number of hydrogen-bond acceptors (Lipinski definition) is 5. The van der Waals surface area contributed by atoms with Gasteiger partial charge in [0.15, 0.2) is 5.82 Å². The van der Waals surface area contributed by atoms with Crippen molar-refractivity contribution < 1.29 is 4.52 Å². The van der Waals surface area contributed by atoms with Gasteiger partial charge in [-0.1, -0.05) is 5.16 Å². The summed E-state index contributed by atoms with van der Waals surface area (Å²) in [6, 6.07) is 2.13. The lowest BCUT2D eigenvalue weighted by molar-refractivity contribution is 0.385. The summed E-state index contributed by atoms with van der Waals surface area (Å²) in [7, 11) is 0. The molecule has 0 amide bonds. The van der Waals surface area contributed by atoms with E-state index in [9.17, 15) is 0 Å². The molecule has 0 radical (unpaired) electrons. The Morgan fingerprint density at radius 2 is 2.25 bits per heavy atom. The van der Waals surface area contributed by atoms with E-state index in [2.05, 4.69) is 44.4 Å². The van der Waals surface area contributed by atoms with Gasteiger partial charge in [0.2, 0.25) is 5.89 Å². The lowest BCUT2D eigenvalue weighted by atomic mass is 10.4. The highest BCUT2D eigenvalue weighted by atomic mass is 79.9. The second-order valence-electron chi connectivity index (χ2n) is 3.45.